The first-order valence-electron chi connectivity index (χ1n) is 5.77. The molecule has 1 aromatic rings. The van der Waals surface area contributed by atoms with Crippen LogP contribution in [0.5, 0.6) is 0 Å². The maximum Gasteiger partial charge on any atom is 0.355 e. The highest BCUT2D eigenvalue weighted by Gasteiger charge is 2.24. The zero-order chi connectivity index (χ0) is 13.1. The van der Waals surface area contributed by atoms with E-state index in [-0.39, 0.29) is 23.6 Å². The first kappa shape index (κ1) is 13.0. The number of nitrogens with zero attached hydrogens (tertiary/aromatic N) is 1. The van der Waals surface area contributed by atoms with Gasteiger partial charge in [0.05, 0.1) is 12.0 Å². The second-order valence-corrected chi connectivity index (χ2v) is 5.19. The van der Waals surface area contributed by atoms with Crippen LogP contribution in [0.4, 0.5) is 0 Å². The maximum absolute atomic E-state index is 11.9. The minimum atomic E-state index is -1.05. The van der Waals surface area contributed by atoms with Gasteiger partial charge in [-0.05, 0) is 19.9 Å². The molecule has 0 spiro atoms. The number of hydrogen-bond acceptors (Lipinski definition) is 5. The van der Waals surface area contributed by atoms with Gasteiger partial charge in [0.2, 0.25) is 5.91 Å². The highest BCUT2D eigenvalue weighted by atomic mass is 32.1. The normalized spacial score (nSPS) is 20.6. The number of hydrogen-bond donors (Lipinski definition) is 3. The summed E-state index contributed by atoms with van der Waals surface area (Å²) in [7, 11) is 0. The zero-order valence-electron chi connectivity index (χ0n) is 9.97. The first-order valence-corrected chi connectivity index (χ1v) is 6.65. The van der Waals surface area contributed by atoms with Crippen molar-refractivity contribution in [2.75, 3.05) is 13.1 Å². The van der Waals surface area contributed by atoms with Gasteiger partial charge in [0, 0.05) is 11.9 Å². The molecule has 0 saturated carbocycles. The van der Waals surface area contributed by atoms with Gasteiger partial charge in [-0.1, -0.05) is 0 Å². The van der Waals surface area contributed by atoms with E-state index in [1.54, 1.807) is 0 Å². The predicted molar refractivity (Wildman–Crippen MR) is 66.6 cm³/mol. The fourth-order valence-corrected chi connectivity index (χ4v) is 2.66. The summed E-state index contributed by atoms with van der Waals surface area (Å²) < 4.78 is 0. The quantitative estimate of drug-likeness (QED) is 0.745. The van der Waals surface area contributed by atoms with Crippen molar-refractivity contribution < 1.29 is 14.7 Å². The molecule has 0 aromatic carbocycles. The van der Waals surface area contributed by atoms with Crippen molar-refractivity contribution in [1.82, 2.24) is 15.6 Å². The average molecular weight is 269 g/mol. The standard InChI is InChI=1S/C11H15N3O3S/c1-6(10-14-8(5-18-10)11(16)17)13-9(15)7-2-3-12-4-7/h5-7,12H,2-4H2,1H3,(H,13,15)(H,16,17). The molecule has 2 rings (SSSR count). The number of rotatable bonds is 4. The fourth-order valence-electron chi connectivity index (χ4n) is 1.86. The van der Waals surface area contributed by atoms with Crippen LogP contribution in [-0.4, -0.2) is 35.1 Å². The Morgan fingerprint density at radius 1 is 1.67 bits per heavy atom. The Hall–Kier alpha value is -1.47. The Morgan fingerprint density at radius 2 is 2.44 bits per heavy atom. The number of amides is 1. The van der Waals surface area contributed by atoms with Gasteiger partial charge < -0.3 is 15.7 Å². The summed E-state index contributed by atoms with van der Waals surface area (Å²) in [6.45, 7) is 3.38. The van der Waals surface area contributed by atoms with Crippen molar-refractivity contribution in [2.24, 2.45) is 5.92 Å². The number of carbonyl (C=O) groups excluding carboxylic acids is 1. The summed E-state index contributed by atoms with van der Waals surface area (Å²) in [5.41, 5.74) is 0.0265. The fraction of sp³-hybridized carbons (Fsp3) is 0.545. The van der Waals surface area contributed by atoms with E-state index in [4.69, 9.17) is 5.11 Å². The van der Waals surface area contributed by atoms with Crippen LogP contribution in [0.25, 0.3) is 0 Å². The lowest BCUT2D eigenvalue weighted by Gasteiger charge is -2.14. The highest BCUT2D eigenvalue weighted by molar-refractivity contribution is 7.09. The summed E-state index contributed by atoms with van der Waals surface area (Å²) in [5, 5.41) is 16.9. The number of thiazole rings is 1. The second kappa shape index (κ2) is 5.45. The molecule has 7 heteroatoms. The van der Waals surface area contributed by atoms with Crippen molar-refractivity contribution in [3.63, 3.8) is 0 Å². The van der Waals surface area contributed by atoms with Crippen LogP contribution in [0, 0.1) is 5.92 Å². The van der Waals surface area contributed by atoms with E-state index in [0.717, 1.165) is 13.0 Å². The Bertz CT molecular complexity index is 454. The third kappa shape index (κ3) is 2.85. The SMILES string of the molecule is CC(NC(=O)C1CCNC1)c1nc(C(=O)O)cs1. The summed E-state index contributed by atoms with van der Waals surface area (Å²) in [6, 6.07) is -0.254. The van der Waals surface area contributed by atoms with Crippen LogP contribution in [0.3, 0.4) is 0 Å². The van der Waals surface area contributed by atoms with Gasteiger partial charge in [-0.2, -0.15) is 0 Å². The zero-order valence-corrected chi connectivity index (χ0v) is 10.8. The molecule has 0 bridgehead atoms. The monoisotopic (exact) mass is 269 g/mol. The predicted octanol–water partition coefficient (Wildman–Crippen LogP) is 0.628. The molecule has 1 fully saturated rings. The minimum absolute atomic E-state index is 0.000394. The van der Waals surface area contributed by atoms with Crippen LogP contribution in [0.2, 0.25) is 0 Å². The molecule has 1 aromatic heterocycles. The summed E-state index contributed by atoms with van der Waals surface area (Å²) in [4.78, 5) is 26.6. The van der Waals surface area contributed by atoms with Gasteiger partial charge in [0.25, 0.3) is 0 Å². The van der Waals surface area contributed by atoms with Crippen LogP contribution >= 0.6 is 11.3 Å². The molecule has 2 atom stereocenters. The first-order chi connectivity index (χ1) is 8.58. The Morgan fingerprint density at radius 3 is 3.00 bits per heavy atom. The van der Waals surface area contributed by atoms with E-state index in [1.807, 2.05) is 6.92 Å². The van der Waals surface area contributed by atoms with Gasteiger partial charge in [0.1, 0.15) is 5.01 Å². The Balaban J connectivity index is 1.95. The number of aromatic nitrogens is 1. The lowest BCUT2D eigenvalue weighted by atomic mass is 10.1. The maximum atomic E-state index is 11.9. The highest BCUT2D eigenvalue weighted by Crippen LogP contribution is 2.19. The van der Waals surface area contributed by atoms with Crippen LogP contribution < -0.4 is 10.6 Å². The molecule has 2 heterocycles. The van der Waals surface area contributed by atoms with Crippen molar-refractivity contribution in [3.8, 4) is 0 Å². The molecule has 18 heavy (non-hydrogen) atoms. The third-order valence-corrected chi connectivity index (χ3v) is 3.93. The molecular formula is C11H15N3O3S. The molecular weight excluding hydrogens is 254 g/mol. The molecule has 0 aliphatic carbocycles. The topological polar surface area (TPSA) is 91.3 Å². The summed E-state index contributed by atoms with van der Waals surface area (Å²) in [6.07, 6.45) is 0.844. The molecule has 2 unspecified atom stereocenters. The van der Waals surface area contributed by atoms with E-state index in [9.17, 15) is 9.59 Å². The number of aromatic carboxylic acids is 1. The van der Waals surface area contributed by atoms with Gasteiger partial charge in [-0.3, -0.25) is 4.79 Å². The minimum Gasteiger partial charge on any atom is -0.476 e. The largest absolute Gasteiger partial charge is 0.476 e. The van der Waals surface area contributed by atoms with Gasteiger partial charge >= 0.3 is 5.97 Å². The molecule has 98 valence electrons. The van der Waals surface area contributed by atoms with Gasteiger partial charge in [0.15, 0.2) is 5.69 Å². The molecule has 1 amide bonds. The van der Waals surface area contributed by atoms with Crippen LogP contribution in [-0.2, 0) is 4.79 Å². The lowest BCUT2D eigenvalue weighted by molar-refractivity contribution is -0.125. The van der Waals surface area contributed by atoms with Crippen molar-refractivity contribution in [1.29, 1.82) is 0 Å². The van der Waals surface area contributed by atoms with Crippen LogP contribution in [0.15, 0.2) is 5.38 Å². The smallest absolute Gasteiger partial charge is 0.355 e. The van der Waals surface area contributed by atoms with E-state index in [0.29, 0.717) is 11.6 Å². The van der Waals surface area contributed by atoms with Gasteiger partial charge in [-0.15, -0.1) is 11.3 Å². The lowest BCUT2D eigenvalue weighted by Crippen LogP contribution is -2.33. The van der Waals surface area contributed by atoms with E-state index in [2.05, 4.69) is 15.6 Å². The van der Waals surface area contributed by atoms with Gasteiger partial charge in [-0.25, -0.2) is 9.78 Å². The van der Waals surface area contributed by atoms with Crippen molar-refractivity contribution in [2.45, 2.75) is 19.4 Å². The molecule has 1 aliphatic rings. The second-order valence-electron chi connectivity index (χ2n) is 4.30. The number of nitrogens with one attached hydrogen (secondary N) is 2. The molecule has 3 N–H and O–H groups in total. The molecule has 1 aliphatic heterocycles. The summed E-state index contributed by atoms with van der Waals surface area (Å²) in [5.74, 6) is -1.04. The number of carboxylic acid groups (broad SMARTS) is 1. The molecule has 1 saturated heterocycles. The third-order valence-electron chi connectivity index (χ3n) is 2.90. The van der Waals surface area contributed by atoms with Crippen LogP contribution in [0.1, 0.15) is 34.9 Å². The summed E-state index contributed by atoms with van der Waals surface area (Å²) >= 11 is 1.25. The Kier molecular flexibility index (Phi) is 3.93. The molecule has 0 radical (unpaired) electrons. The van der Waals surface area contributed by atoms with Crippen molar-refractivity contribution >= 4 is 23.2 Å². The molecule has 6 nitrogen and oxygen atoms in total. The van der Waals surface area contributed by atoms with E-state index >= 15 is 0 Å². The van der Waals surface area contributed by atoms with E-state index in [1.165, 1.54) is 16.7 Å². The Labute approximate surface area is 108 Å². The van der Waals surface area contributed by atoms with E-state index < -0.39 is 5.97 Å². The number of carboxylic acids is 1. The van der Waals surface area contributed by atoms with Crippen molar-refractivity contribution in [3.05, 3.63) is 16.1 Å². The number of carbonyl (C=O) groups is 2. The average Bonchev–Trinajstić information content (AvgIpc) is 3.00.